The van der Waals surface area contributed by atoms with Crippen LogP contribution in [0.3, 0.4) is 0 Å². The predicted octanol–water partition coefficient (Wildman–Crippen LogP) is 1.87. The summed E-state index contributed by atoms with van der Waals surface area (Å²) in [5, 5.41) is 4.02. The average Bonchev–Trinajstić information content (AvgIpc) is 2.95. The van der Waals surface area contributed by atoms with Crippen LogP contribution in [-0.2, 0) is 11.2 Å². The van der Waals surface area contributed by atoms with Crippen molar-refractivity contribution < 1.29 is 9.32 Å². The van der Waals surface area contributed by atoms with Gasteiger partial charge >= 0.3 is 0 Å². The van der Waals surface area contributed by atoms with Crippen molar-refractivity contribution in [3.05, 3.63) is 47.7 Å². The Bertz CT molecular complexity index is 601. The lowest BCUT2D eigenvalue weighted by Crippen LogP contribution is -2.49. The van der Waals surface area contributed by atoms with Crippen molar-refractivity contribution in [1.82, 2.24) is 10.1 Å². The molecule has 110 valence electrons. The number of rotatable bonds is 3. The van der Waals surface area contributed by atoms with Crippen LogP contribution in [0.4, 0.5) is 5.82 Å². The number of aromatic nitrogens is 1. The smallest absolute Gasteiger partial charge is 0.227 e. The van der Waals surface area contributed by atoms with Gasteiger partial charge < -0.3 is 14.3 Å². The van der Waals surface area contributed by atoms with Crippen molar-refractivity contribution in [1.29, 1.82) is 0 Å². The maximum atomic E-state index is 12.3. The highest BCUT2D eigenvalue weighted by Gasteiger charge is 2.22. The molecule has 5 nitrogen and oxygen atoms in total. The highest BCUT2D eigenvalue weighted by molar-refractivity contribution is 5.79. The molecule has 1 aliphatic heterocycles. The van der Waals surface area contributed by atoms with Gasteiger partial charge in [0.05, 0.1) is 6.42 Å². The minimum absolute atomic E-state index is 0.192. The number of hydrogen-bond acceptors (Lipinski definition) is 4. The number of hydrogen-bond donors (Lipinski definition) is 0. The van der Waals surface area contributed by atoms with Gasteiger partial charge in [0.1, 0.15) is 5.76 Å². The highest BCUT2D eigenvalue weighted by atomic mass is 16.5. The molecule has 1 saturated heterocycles. The van der Waals surface area contributed by atoms with Crippen molar-refractivity contribution in [2.24, 2.45) is 0 Å². The standard InChI is InChI=1S/C16H19N3O2/c1-13-11-15(17-21-13)18-7-9-19(10-8-18)16(20)12-14-5-3-2-4-6-14/h2-6,11H,7-10,12H2,1H3. The number of carbonyl (C=O) groups is 1. The normalized spacial score (nSPS) is 15.3. The van der Waals surface area contributed by atoms with Crippen LogP contribution in [0, 0.1) is 6.92 Å². The molecule has 0 N–H and O–H groups in total. The van der Waals surface area contributed by atoms with E-state index in [1.807, 2.05) is 48.2 Å². The van der Waals surface area contributed by atoms with E-state index in [9.17, 15) is 4.79 Å². The summed E-state index contributed by atoms with van der Waals surface area (Å²) < 4.78 is 5.10. The van der Waals surface area contributed by atoms with Gasteiger partial charge in [0.2, 0.25) is 5.91 Å². The number of piperazine rings is 1. The second-order valence-corrected chi connectivity index (χ2v) is 5.33. The molecule has 21 heavy (non-hydrogen) atoms. The number of carbonyl (C=O) groups excluding carboxylic acids is 1. The molecular formula is C16H19N3O2. The summed E-state index contributed by atoms with van der Waals surface area (Å²) in [5.74, 6) is 1.87. The molecule has 2 aromatic rings. The third-order valence-electron chi connectivity index (χ3n) is 3.77. The molecule has 1 aromatic heterocycles. The first-order valence-electron chi connectivity index (χ1n) is 7.22. The maximum Gasteiger partial charge on any atom is 0.227 e. The van der Waals surface area contributed by atoms with Gasteiger partial charge in [-0.05, 0) is 12.5 Å². The fraction of sp³-hybridized carbons (Fsp3) is 0.375. The molecule has 2 heterocycles. The fourth-order valence-corrected chi connectivity index (χ4v) is 2.57. The first-order chi connectivity index (χ1) is 10.2. The highest BCUT2D eigenvalue weighted by Crippen LogP contribution is 2.16. The number of amides is 1. The molecule has 0 aliphatic carbocycles. The van der Waals surface area contributed by atoms with Crippen molar-refractivity contribution in [3.63, 3.8) is 0 Å². The summed E-state index contributed by atoms with van der Waals surface area (Å²) in [6.45, 7) is 4.95. The van der Waals surface area contributed by atoms with Crippen LogP contribution in [0.2, 0.25) is 0 Å². The minimum atomic E-state index is 0.192. The van der Waals surface area contributed by atoms with Crippen molar-refractivity contribution >= 4 is 11.7 Å². The number of anilines is 1. The molecule has 5 heteroatoms. The maximum absolute atomic E-state index is 12.3. The Hall–Kier alpha value is -2.30. The molecule has 1 fully saturated rings. The fourth-order valence-electron chi connectivity index (χ4n) is 2.57. The van der Waals surface area contributed by atoms with Gasteiger partial charge in [-0.3, -0.25) is 4.79 Å². The molecule has 0 bridgehead atoms. The second-order valence-electron chi connectivity index (χ2n) is 5.33. The molecule has 1 aromatic carbocycles. The van der Waals surface area contributed by atoms with Crippen LogP contribution in [0.15, 0.2) is 40.9 Å². The summed E-state index contributed by atoms with van der Waals surface area (Å²) in [4.78, 5) is 16.4. The quantitative estimate of drug-likeness (QED) is 0.864. The summed E-state index contributed by atoms with van der Waals surface area (Å²) in [7, 11) is 0. The van der Waals surface area contributed by atoms with Gasteiger partial charge in [0.15, 0.2) is 5.82 Å². The Balaban J connectivity index is 1.54. The Labute approximate surface area is 124 Å². The van der Waals surface area contributed by atoms with E-state index < -0.39 is 0 Å². The topological polar surface area (TPSA) is 49.6 Å². The van der Waals surface area contributed by atoms with E-state index in [0.717, 1.165) is 43.3 Å². The SMILES string of the molecule is Cc1cc(N2CCN(C(=O)Cc3ccccc3)CC2)no1. The van der Waals surface area contributed by atoms with Crippen LogP contribution < -0.4 is 4.90 Å². The van der Waals surface area contributed by atoms with Crippen LogP contribution >= 0.6 is 0 Å². The molecule has 1 amide bonds. The molecule has 3 rings (SSSR count). The van der Waals surface area contributed by atoms with Crippen LogP contribution in [0.1, 0.15) is 11.3 Å². The van der Waals surface area contributed by atoms with Crippen molar-refractivity contribution in [2.75, 3.05) is 31.1 Å². The molecule has 1 aliphatic rings. The van der Waals surface area contributed by atoms with E-state index in [-0.39, 0.29) is 5.91 Å². The van der Waals surface area contributed by atoms with E-state index in [1.54, 1.807) is 0 Å². The zero-order valence-electron chi connectivity index (χ0n) is 12.2. The van der Waals surface area contributed by atoms with Gasteiger partial charge in [-0.2, -0.15) is 0 Å². The van der Waals surface area contributed by atoms with Crippen LogP contribution in [0.25, 0.3) is 0 Å². The average molecular weight is 285 g/mol. The summed E-state index contributed by atoms with van der Waals surface area (Å²) >= 11 is 0. The monoisotopic (exact) mass is 285 g/mol. The Morgan fingerprint density at radius 3 is 2.52 bits per heavy atom. The third-order valence-corrected chi connectivity index (χ3v) is 3.77. The largest absolute Gasteiger partial charge is 0.360 e. The lowest BCUT2D eigenvalue weighted by Gasteiger charge is -2.34. The molecule has 0 radical (unpaired) electrons. The zero-order chi connectivity index (χ0) is 14.7. The number of aryl methyl sites for hydroxylation is 1. The van der Waals surface area contributed by atoms with Crippen molar-refractivity contribution in [3.8, 4) is 0 Å². The Morgan fingerprint density at radius 2 is 1.90 bits per heavy atom. The van der Waals surface area contributed by atoms with Crippen LogP contribution in [-0.4, -0.2) is 42.1 Å². The van der Waals surface area contributed by atoms with E-state index in [4.69, 9.17) is 4.52 Å². The Morgan fingerprint density at radius 1 is 1.19 bits per heavy atom. The third kappa shape index (κ3) is 3.24. The van der Waals surface area contributed by atoms with Gasteiger partial charge in [0, 0.05) is 32.2 Å². The molecular weight excluding hydrogens is 266 g/mol. The van der Waals surface area contributed by atoms with Gasteiger partial charge in [-0.25, -0.2) is 0 Å². The second kappa shape index (κ2) is 5.99. The number of nitrogens with zero attached hydrogens (tertiary/aromatic N) is 3. The van der Waals surface area contributed by atoms with E-state index >= 15 is 0 Å². The van der Waals surface area contributed by atoms with Crippen LogP contribution in [0.5, 0.6) is 0 Å². The lowest BCUT2D eigenvalue weighted by molar-refractivity contribution is -0.130. The lowest BCUT2D eigenvalue weighted by atomic mass is 10.1. The summed E-state index contributed by atoms with van der Waals surface area (Å²) in [6.07, 6.45) is 0.476. The van der Waals surface area contributed by atoms with Gasteiger partial charge in [-0.15, -0.1) is 0 Å². The minimum Gasteiger partial charge on any atom is -0.360 e. The summed E-state index contributed by atoms with van der Waals surface area (Å²) in [5.41, 5.74) is 1.07. The van der Waals surface area contributed by atoms with E-state index in [2.05, 4.69) is 10.1 Å². The first-order valence-corrected chi connectivity index (χ1v) is 7.22. The van der Waals surface area contributed by atoms with Crippen molar-refractivity contribution in [2.45, 2.75) is 13.3 Å². The molecule has 0 unspecified atom stereocenters. The van der Waals surface area contributed by atoms with E-state index in [1.165, 1.54) is 0 Å². The molecule has 0 atom stereocenters. The van der Waals surface area contributed by atoms with E-state index in [0.29, 0.717) is 6.42 Å². The summed E-state index contributed by atoms with van der Waals surface area (Å²) in [6, 6.07) is 11.8. The Kier molecular flexibility index (Phi) is 3.90. The predicted molar refractivity (Wildman–Crippen MR) is 80.2 cm³/mol. The first kappa shape index (κ1) is 13.7. The zero-order valence-corrected chi connectivity index (χ0v) is 12.2. The van der Waals surface area contributed by atoms with Gasteiger partial charge in [-0.1, -0.05) is 35.5 Å². The molecule has 0 saturated carbocycles. The molecule has 0 spiro atoms. The van der Waals surface area contributed by atoms with Gasteiger partial charge in [0.25, 0.3) is 0 Å². The number of benzene rings is 1.